The van der Waals surface area contributed by atoms with Gasteiger partial charge in [0.15, 0.2) is 0 Å². The second kappa shape index (κ2) is 16.0. The van der Waals surface area contributed by atoms with E-state index in [4.69, 9.17) is 14.2 Å². The summed E-state index contributed by atoms with van der Waals surface area (Å²) in [6, 6.07) is 14.1. The Labute approximate surface area is 264 Å². The number of nitrogens with zero attached hydrogens (tertiary/aromatic N) is 1. The number of benzene rings is 2. The Morgan fingerprint density at radius 3 is 2.58 bits per heavy atom. The summed E-state index contributed by atoms with van der Waals surface area (Å²) >= 11 is 0. The van der Waals surface area contributed by atoms with Gasteiger partial charge in [0.25, 0.3) is 0 Å². The fourth-order valence-corrected chi connectivity index (χ4v) is 5.76. The summed E-state index contributed by atoms with van der Waals surface area (Å²) in [6.45, 7) is 6.33. The summed E-state index contributed by atoms with van der Waals surface area (Å²) in [5, 5.41) is 13.2. The number of carbonyl (C=O) groups excluding carboxylic acids is 1. The molecular weight excluding hydrogens is 589 g/mol. The van der Waals surface area contributed by atoms with Crippen molar-refractivity contribution >= 4 is 11.8 Å². The SMILES string of the molecule is CC(C)(C)OC(=O)N1CC[C@H](c2ccc(OCCCOCC(F)(F)F)cc2)[C@@H](OC(CCCO)c2ccc3c(c2)NCCC3)C1. The van der Waals surface area contributed by atoms with Crippen LogP contribution in [0.1, 0.15) is 81.6 Å². The zero-order valence-corrected chi connectivity index (χ0v) is 26.5. The van der Waals surface area contributed by atoms with Crippen LogP contribution in [0.5, 0.6) is 5.75 Å². The average molecular weight is 637 g/mol. The molecule has 3 atom stereocenters. The molecule has 1 fully saturated rings. The third-order valence-corrected chi connectivity index (χ3v) is 7.89. The maximum atomic E-state index is 13.1. The minimum atomic E-state index is -4.34. The maximum Gasteiger partial charge on any atom is 0.411 e. The second-order valence-corrected chi connectivity index (χ2v) is 12.7. The van der Waals surface area contributed by atoms with E-state index in [2.05, 4.69) is 28.3 Å². The molecule has 1 amide bonds. The number of carbonyl (C=O) groups is 1. The Hall–Kier alpha value is -3.02. The van der Waals surface area contributed by atoms with Gasteiger partial charge in [-0.25, -0.2) is 4.79 Å². The lowest BCUT2D eigenvalue weighted by molar-refractivity contribution is -0.174. The lowest BCUT2D eigenvalue weighted by Gasteiger charge is -2.40. The number of aryl methyl sites for hydroxylation is 1. The molecule has 11 heteroatoms. The Kier molecular flexibility index (Phi) is 12.4. The number of aliphatic hydroxyl groups excluding tert-OH is 1. The van der Waals surface area contributed by atoms with Gasteiger partial charge in [0.05, 0.1) is 32.0 Å². The van der Waals surface area contributed by atoms with Gasteiger partial charge in [-0.2, -0.15) is 13.2 Å². The number of ether oxygens (including phenoxy) is 4. The lowest BCUT2D eigenvalue weighted by atomic mass is 9.86. The van der Waals surface area contributed by atoms with E-state index in [9.17, 15) is 23.1 Å². The largest absolute Gasteiger partial charge is 0.494 e. The number of hydrogen-bond donors (Lipinski definition) is 2. The first-order valence-corrected chi connectivity index (χ1v) is 15.9. The molecule has 2 aliphatic heterocycles. The molecule has 2 aromatic carbocycles. The third-order valence-electron chi connectivity index (χ3n) is 7.89. The molecule has 0 aliphatic carbocycles. The van der Waals surface area contributed by atoms with Crippen molar-refractivity contribution in [1.29, 1.82) is 0 Å². The molecule has 2 aliphatic rings. The van der Waals surface area contributed by atoms with Crippen molar-refractivity contribution in [2.24, 2.45) is 0 Å². The number of halogens is 3. The quantitative estimate of drug-likeness (QED) is 0.229. The van der Waals surface area contributed by atoms with Gasteiger partial charge in [-0.1, -0.05) is 24.3 Å². The van der Waals surface area contributed by atoms with E-state index in [1.54, 1.807) is 4.90 Å². The minimum Gasteiger partial charge on any atom is -0.494 e. The number of aliphatic hydroxyl groups is 1. The van der Waals surface area contributed by atoms with Crippen molar-refractivity contribution in [3.8, 4) is 5.75 Å². The Morgan fingerprint density at radius 1 is 1.09 bits per heavy atom. The predicted molar refractivity (Wildman–Crippen MR) is 166 cm³/mol. The molecule has 0 radical (unpaired) electrons. The van der Waals surface area contributed by atoms with Gasteiger partial charge in [0.1, 0.15) is 18.0 Å². The first-order chi connectivity index (χ1) is 21.4. The highest BCUT2D eigenvalue weighted by Gasteiger charge is 2.37. The van der Waals surface area contributed by atoms with Crippen LogP contribution in [0.2, 0.25) is 0 Å². The van der Waals surface area contributed by atoms with E-state index in [1.165, 1.54) is 5.56 Å². The number of anilines is 1. The molecule has 1 saturated heterocycles. The lowest BCUT2D eigenvalue weighted by Crippen LogP contribution is -2.48. The second-order valence-electron chi connectivity index (χ2n) is 12.7. The van der Waals surface area contributed by atoms with E-state index in [0.717, 1.165) is 36.2 Å². The average Bonchev–Trinajstić information content (AvgIpc) is 2.99. The Bertz CT molecular complexity index is 1220. The maximum absolute atomic E-state index is 13.1. The van der Waals surface area contributed by atoms with Crippen LogP contribution in [0.4, 0.5) is 23.7 Å². The highest BCUT2D eigenvalue weighted by molar-refractivity contribution is 5.68. The molecule has 45 heavy (non-hydrogen) atoms. The first kappa shape index (κ1) is 34.8. The zero-order chi connectivity index (χ0) is 32.5. The molecule has 2 heterocycles. The summed E-state index contributed by atoms with van der Waals surface area (Å²) in [5.74, 6) is 0.599. The van der Waals surface area contributed by atoms with Crippen LogP contribution in [0.25, 0.3) is 0 Å². The number of hydrogen-bond acceptors (Lipinski definition) is 7. The third kappa shape index (κ3) is 11.1. The van der Waals surface area contributed by atoms with Crippen LogP contribution in [-0.4, -0.2) is 80.0 Å². The van der Waals surface area contributed by atoms with Crippen LogP contribution >= 0.6 is 0 Å². The molecule has 250 valence electrons. The number of nitrogens with one attached hydrogen (secondary N) is 1. The number of rotatable bonds is 13. The van der Waals surface area contributed by atoms with E-state index in [1.807, 2.05) is 45.0 Å². The molecule has 1 unspecified atom stereocenters. The topological polar surface area (TPSA) is 89.5 Å². The number of amides is 1. The zero-order valence-electron chi connectivity index (χ0n) is 26.5. The Morgan fingerprint density at radius 2 is 1.87 bits per heavy atom. The molecule has 8 nitrogen and oxygen atoms in total. The molecular formula is C34H47F3N2O6. The van der Waals surface area contributed by atoms with Crippen molar-refractivity contribution in [3.63, 3.8) is 0 Å². The van der Waals surface area contributed by atoms with Gasteiger partial charge in [0.2, 0.25) is 0 Å². The highest BCUT2D eigenvalue weighted by Crippen LogP contribution is 2.37. The Balaban J connectivity index is 1.48. The van der Waals surface area contributed by atoms with Gasteiger partial charge in [-0.05, 0) is 87.8 Å². The first-order valence-electron chi connectivity index (χ1n) is 15.9. The number of piperidine rings is 1. The summed E-state index contributed by atoms with van der Waals surface area (Å²) in [6.07, 6.45) is -0.979. The van der Waals surface area contributed by atoms with Crippen molar-refractivity contribution in [3.05, 3.63) is 59.2 Å². The van der Waals surface area contributed by atoms with Crippen molar-refractivity contribution in [2.75, 3.05) is 51.4 Å². The van der Waals surface area contributed by atoms with Gasteiger partial charge >= 0.3 is 12.3 Å². The minimum absolute atomic E-state index is 0.0131. The number of alkyl halides is 3. The fraction of sp³-hybridized carbons (Fsp3) is 0.618. The monoisotopic (exact) mass is 636 g/mol. The number of likely N-dealkylation sites (tertiary alicyclic amines) is 1. The van der Waals surface area contributed by atoms with Crippen LogP contribution in [0.3, 0.4) is 0 Å². The van der Waals surface area contributed by atoms with Gasteiger partial charge in [0, 0.05) is 37.7 Å². The van der Waals surface area contributed by atoms with E-state index < -0.39 is 18.4 Å². The van der Waals surface area contributed by atoms with Crippen molar-refractivity contribution in [2.45, 2.75) is 89.2 Å². The molecule has 2 N–H and O–H groups in total. The van der Waals surface area contributed by atoms with Crippen LogP contribution in [0, 0.1) is 0 Å². The highest BCUT2D eigenvalue weighted by atomic mass is 19.4. The summed E-state index contributed by atoms with van der Waals surface area (Å²) in [5.41, 5.74) is 3.86. The molecule has 2 aromatic rings. The summed E-state index contributed by atoms with van der Waals surface area (Å²) in [4.78, 5) is 14.8. The van der Waals surface area contributed by atoms with Gasteiger partial charge in [-0.15, -0.1) is 0 Å². The van der Waals surface area contributed by atoms with Crippen LogP contribution < -0.4 is 10.1 Å². The molecule has 4 rings (SSSR count). The van der Waals surface area contributed by atoms with Gasteiger partial charge in [-0.3, -0.25) is 0 Å². The van der Waals surface area contributed by atoms with Crippen molar-refractivity contribution < 1.29 is 42.0 Å². The van der Waals surface area contributed by atoms with Gasteiger partial charge < -0.3 is 34.3 Å². The summed E-state index contributed by atoms with van der Waals surface area (Å²) < 4.78 is 59.7. The van der Waals surface area contributed by atoms with Crippen molar-refractivity contribution in [1.82, 2.24) is 4.90 Å². The molecule has 0 saturated carbocycles. The van der Waals surface area contributed by atoms with Crippen LogP contribution in [0.15, 0.2) is 42.5 Å². The summed E-state index contributed by atoms with van der Waals surface area (Å²) in [7, 11) is 0. The van der Waals surface area contributed by atoms with Crippen LogP contribution in [-0.2, 0) is 20.6 Å². The molecule has 0 bridgehead atoms. The number of fused-ring (bicyclic) bond motifs is 1. The van der Waals surface area contributed by atoms with E-state index >= 15 is 0 Å². The van der Waals surface area contributed by atoms with E-state index in [0.29, 0.717) is 44.5 Å². The smallest absolute Gasteiger partial charge is 0.411 e. The standard InChI is InChI=1S/C34H47F3N2O6/c1-33(2,3)45-32(41)39-17-15-28(24-11-13-27(14-12-24)43-20-6-19-42-23-34(35,36)37)31(22-39)44-30(8-5-18-40)26-10-9-25-7-4-16-38-29(25)21-26/h9-14,21,28,30-31,38,40H,4-8,15-20,22-23H2,1-3H3/t28-,30?,31+/m1/s1. The molecule has 0 spiro atoms. The molecule has 0 aromatic heterocycles. The predicted octanol–water partition coefficient (Wildman–Crippen LogP) is 7.02. The van der Waals surface area contributed by atoms with E-state index in [-0.39, 0.29) is 44.0 Å². The fourth-order valence-electron chi connectivity index (χ4n) is 5.76. The normalized spacial score (nSPS) is 19.4.